The van der Waals surface area contributed by atoms with Crippen LogP contribution >= 0.6 is 0 Å². The Morgan fingerprint density at radius 1 is 1.10 bits per heavy atom. The largest absolute Gasteiger partial charge is 0.468 e. The van der Waals surface area contributed by atoms with Crippen molar-refractivity contribution in [2.75, 3.05) is 20.2 Å². The maximum atomic E-state index is 12.6. The summed E-state index contributed by atoms with van der Waals surface area (Å²) in [6, 6.07) is 0. The van der Waals surface area contributed by atoms with Gasteiger partial charge in [-0.25, -0.2) is 0 Å². The number of hydrogen-bond acceptors (Lipinski definition) is 3. The molecule has 0 heterocycles. The number of fused-ring (bicyclic) bond motifs is 1. The van der Waals surface area contributed by atoms with Crippen molar-refractivity contribution in [2.45, 2.75) is 51.9 Å². The Kier molecular flexibility index (Phi) is 5.44. The van der Waals surface area contributed by atoms with Crippen molar-refractivity contribution in [3.8, 4) is 0 Å². The second-order valence-corrected chi connectivity index (χ2v) is 6.24. The Morgan fingerprint density at radius 2 is 1.80 bits per heavy atom. The summed E-state index contributed by atoms with van der Waals surface area (Å²) in [6.07, 6.45) is 8.55. The molecule has 0 aromatic rings. The van der Waals surface area contributed by atoms with Crippen LogP contribution in [0.25, 0.3) is 0 Å². The second kappa shape index (κ2) is 7.09. The van der Waals surface area contributed by atoms with Crippen LogP contribution in [-0.4, -0.2) is 37.0 Å². The van der Waals surface area contributed by atoms with E-state index < -0.39 is 0 Å². The third-order valence-corrected chi connectivity index (χ3v) is 5.13. The SMILES string of the molecule is CCN(CC(=O)OC)C(=O)C1CCC2CCCCC2C1. The highest BCUT2D eigenvalue weighted by Crippen LogP contribution is 2.43. The van der Waals surface area contributed by atoms with Crippen molar-refractivity contribution in [3.63, 3.8) is 0 Å². The molecule has 0 spiro atoms. The normalized spacial score (nSPS) is 29.4. The van der Waals surface area contributed by atoms with E-state index in [1.165, 1.54) is 39.2 Å². The third kappa shape index (κ3) is 3.53. The first-order chi connectivity index (χ1) is 9.65. The van der Waals surface area contributed by atoms with Gasteiger partial charge in [-0.2, -0.15) is 0 Å². The van der Waals surface area contributed by atoms with Crippen molar-refractivity contribution < 1.29 is 14.3 Å². The molecular weight excluding hydrogens is 254 g/mol. The van der Waals surface area contributed by atoms with E-state index in [1.807, 2.05) is 6.92 Å². The first kappa shape index (κ1) is 15.3. The van der Waals surface area contributed by atoms with Gasteiger partial charge in [0.05, 0.1) is 7.11 Å². The van der Waals surface area contributed by atoms with E-state index in [0.717, 1.165) is 24.7 Å². The van der Waals surface area contributed by atoms with Gasteiger partial charge in [-0.3, -0.25) is 9.59 Å². The summed E-state index contributed by atoms with van der Waals surface area (Å²) in [6.45, 7) is 2.60. The molecule has 0 aromatic carbocycles. The Balaban J connectivity index is 1.92. The Hall–Kier alpha value is -1.06. The number of hydrogen-bond donors (Lipinski definition) is 0. The standard InChI is InChI=1S/C16H27NO3/c1-3-17(11-15(18)20-2)16(19)14-9-8-12-6-4-5-7-13(12)10-14/h12-14H,3-11H2,1-2H3. The number of carbonyl (C=O) groups excluding carboxylic acids is 2. The molecule has 2 fully saturated rings. The number of rotatable bonds is 4. The van der Waals surface area contributed by atoms with E-state index in [-0.39, 0.29) is 24.3 Å². The number of carbonyl (C=O) groups is 2. The molecule has 2 rings (SSSR count). The van der Waals surface area contributed by atoms with Crippen LogP contribution < -0.4 is 0 Å². The van der Waals surface area contributed by atoms with Gasteiger partial charge in [0.2, 0.25) is 5.91 Å². The van der Waals surface area contributed by atoms with Crippen molar-refractivity contribution in [2.24, 2.45) is 17.8 Å². The topological polar surface area (TPSA) is 46.6 Å². The maximum Gasteiger partial charge on any atom is 0.325 e. The van der Waals surface area contributed by atoms with E-state index >= 15 is 0 Å². The lowest BCUT2D eigenvalue weighted by molar-refractivity contribution is -0.149. The predicted octanol–water partition coefficient (Wildman–Crippen LogP) is 2.61. The Bertz CT molecular complexity index is 356. The molecule has 2 aliphatic carbocycles. The van der Waals surface area contributed by atoms with Gasteiger partial charge in [-0.05, 0) is 38.0 Å². The Labute approximate surface area is 121 Å². The zero-order valence-corrected chi connectivity index (χ0v) is 12.8. The van der Waals surface area contributed by atoms with Gasteiger partial charge in [0.15, 0.2) is 0 Å². The summed E-state index contributed by atoms with van der Waals surface area (Å²) in [4.78, 5) is 25.6. The fourth-order valence-electron chi connectivity index (χ4n) is 3.92. The van der Waals surface area contributed by atoms with Crippen LogP contribution in [0.15, 0.2) is 0 Å². The van der Waals surface area contributed by atoms with Crippen LogP contribution in [0.5, 0.6) is 0 Å². The average Bonchev–Trinajstić information content (AvgIpc) is 2.51. The molecule has 0 aromatic heterocycles. The van der Waals surface area contributed by atoms with Gasteiger partial charge in [0, 0.05) is 12.5 Å². The lowest BCUT2D eigenvalue weighted by Gasteiger charge is -2.39. The molecule has 2 saturated carbocycles. The quantitative estimate of drug-likeness (QED) is 0.744. The van der Waals surface area contributed by atoms with E-state index in [0.29, 0.717) is 6.54 Å². The summed E-state index contributed by atoms with van der Waals surface area (Å²) in [5.74, 6) is 1.54. The van der Waals surface area contributed by atoms with E-state index in [1.54, 1.807) is 4.90 Å². The van der Waals surface area contributed by atoms with Crippen molar-refractivity contribution >= 4 is 11.9 Å². The monoisotopic (exact) mass is 281 g/mol. The molecule has 3 unspecified atom stereocenters. The highest BCUT2D eigenvalue weighted by molar-refractivity contribution is 5.83. The predicted molar refractivity (Wildman–Crippen MR) is 77.1 cm³/mol. The summed E-state index contributed by atoms with van der Waals surface area (Å²) < 4.78 is 4.67. The molecule has 0 aliphatic heterocycles. The molecule has 0 N–H and O–H groups in total. The minimum absolute atomic E-state index is 0.0937. The third-order valence-electron chi connectivity index (χ3n) is 5.13. The molecule has 114 valence electrons. The summed E-state index contributed by atoms with van der Waals surface area (Å²) >= 11 is 0. The molecule has 4 nitrogen and oxygen atoms in total. The number of ether oxygens (including phenoxy) is 1. The zero-order chi connectivity index (χ0) is 14.5. The lowest BCUT2D eigenvalue weighted by atomic mass is 9.67. The zero-order valence-electron chi connectivity index (χ0n) is 12.8. The van der Waals surface area contributed by atoms with Crippen molar-refractivity contribution in [1.29, 1.82) is 0 Å². The molecule has 2 aliphatic rings. The number of nitrogens with zero attached hydrogens (tertiary/aromatic N) is 1. The minimum Gasteiger partial charge on any atom is -0.468 e. The molecule has 20 heavy (non-hydrogen) atoms. The van der Waals surface area contributed by atoms with Gasteiger partial charge in [0.25, 0.3) is 0 Å². The van der Waals surface area contributed by atoms with Gasteiger partial charge in [-0.15, -0.1) is 0 Å². The highest BCUT2D eigenvalue weighted by atomic mass is 16.5. The molecule has 4 heteroatoms. The number of methoxy groups -OCH3 is 1. The van der Waals surface area contributed by atoms with Crippen LogP contribution in [-0.2, 0) is 14.3 Å². The van der Waals surface area contributed by atoms with E-state index in [2.05, 4.69) is 4.74 Å². The highest BCUT2D eigenvalue weighted by Gasteiger charge is 2.36. The number of esters is 1. The lowest BCUT2D eigenvalue weighted by Crippen LogP contribution is -2.42. The average molecular weight is 281 g/mol. The molecule has 1 amide bonds. The Morgan fingerprint density at radius 3 is 2.45 bits per heavy atom. The fourth-order valence-corrected chi connectivity index (χ4v) is 3.92. The second-order valence-electron chi connectivity index (χ2n) is 6.24. The molecular formula is C16H27NO3. The number of amides is 1. The van der Waals surface area contributed by atoms with E-state index in [4.69, 9.17) is 0 Å². The van der Waals surface area contributed by atoms with Crippen LogP contribution in [0.2, 0.25) is 0 Å². The molecule has 3 atom stereocenters. The number of likely N-dealkylation sites (N-methyl/N-ethyl adjacent to an activating group) is 1. The molecule has 0 radical (unpaired) electrons. The van der Waals surface area contributed by atoms with Gasteiger partial charge in [-0.1, -0.05) is 25.7 Å². The van der Waals surface area contributed by atoms with Crippen LogP contribution in [0.4, 0.5) is 0 Å². The first-order valence-corrected chi connectivity index (χ1v) is 8.01. The minimum atomic E-state index is -0.327. The summed E-state index contributed by atoms with van der Waals surface area (Å²) in [5, 5.41) is 0. The molecule has 0 bridgehead atoms. The molecule has 0 saturated heterocycles. The van der Waals surface area contributed by atoms with Gasteiger partial charge < -0.3 is 9.64 Å². The van der Waals surface area contributed by atoms with Gasteiger partial charge in [0.1, 0.15) is 6.54 Å². The summed E-state index contributed by atoms with van der Waals surface area (Å²) in [5.41, 5.74) is 0. The van der Waals surface area contributed by atoms with Crippen molar-refractivity contribution in [3.05, 3.63) is 0 Å². The maximum absolute atomic E-state index is 12.6. The van der Waals surface area contributed by atoms with Crippen LogP contribution in [0, 0.1) is 17.8 Å². The van der Waals surface area contributed by atoms with Crippen LogP contribution in [0.3, 0.4) is 0 Å². The first-order valence-electron chi connectivity index (χ1n) is 8.01. The van der Waals surface area contributed by atoms with E-state index in [9.17, 15) is 9.59 Å². The van der Waals surface area contributed by atoms with Crippen LogP contribution in [0.1, 0.15) is 51.9 Å². The van der Waals surface area contributed by atoms with Crippen molar-refractivity contribution in [1.82, 2.24) is 4.90 Å². The summed E-state index contributed by atoms with van der Waals surface area (Å²) in [7, 11) is 1.37. The van der Waals surface area contributed by atoms with Gasteiger partial charge >= 0.3 is 5.97 Å². The fraction of sp³-hybridized carbons (Fsp3) is 0.875. The smallest absolute Gasteiger partial charge is 0.325 e.